The molecule has 1 N–H and O–H groups in total. The Morgan fingerprint density at radius 2 is 2.41 bits per heavy atom. The maximum atomic E-state index is 5.85. The van der Waals surface area contributed by atoms with Gasteiger partial charge in [0.25, 0.3) is 0 Å². The molecule has 0 aliphatic heterocycles. The predicted octanol–water partition coefficient (Wildman–Crippen LogP) is 2.84. The number of nitrogens with one attached hydrogen (secondary N) is 1. The van der Waals surface area contributed by atoms with Gasteiger partial charge in [0.1, 0.15) is 0 Å². The van der Waals surface area contributed by atoms with Crippen molar-refractivity contribution in [2.75, 3.05) is 11.9 Å². The smallest absolute Gasteiger partial charge is 0.0670 e. The van der Waals surface area contributed by atoms with Gasteiger partial charge in [-0.1, -0.05) is 6.42 Å². The fraction of sp³-hybridized carbons (Fsp3) is 0.643. The number of ether oxygens (including phenoxy) is 1. The quantitative estimate of drug-likeness (QED) is 0.866. The summed E-state index contributed by atoms with van der Waals surface area (Å²) in [6, 6.07) is 4.65. The van der Waals surface area contributed by atoms with Crippen LogP contribution in [0.4, 0.5) is 5.69 Å². The summed E-state index contributed by atoms with van der Waals surface area (Å²) in [6.45, 7) is 2.93. The second-order valence-corrected chi connectivity index (χ2v) is 5.21. The molecule has 3 rings (SSSR count). The van der Waals surface area contributed by atoms with E-state index >= 15 is 0 Å². The average Bonchev–Trinajstić information content (AvgIpc) is 2.27. The van der Waals surface area contributed by atoms with Crippen molar-refractivity contribution in [2.24, 2.45) is 5.41 Å². The molecule has 3 heteroatoms. The molecule has 2 atom stereocenters. The van der Waals surface area contributed by atoms with Crippen LogP contribution in [0, 0.1) is 5.41 Å². The Kier molecular flexibility index (Phi) is 2.79. The number of anilines is 1. The van der Waals surface area contributed by atoms with Crippen LogP contribution in [0.5, 0.6) is 0 Å². The summed E-state index contributed by atoms with van der Waals surface area (Å²) in [7, 11) is 0. The van der Waals surface area contributed by atoms with E-state index in [0.29, 0.717) is 17.6 Å². The zero-order valence-corrected chi connectivity index (χ0v) is 10.4. The van der Waals surface area contributed by atoms with E-state index < -0.39 is 0 Å². The van der Waals surface area contributed by atoms with Crippen molar-refractivity contribution in [3.63, 3.8) is 0 Å². The first-order valence-electron chi connectivity index (χ1n) is 6.63. The first kappa shape index (κ1) is 11.0. The van der Waals surface area contributed by atoms with Gasteiger partial charge in [-0.15, -0.1) is 0 Å². The van der Waals surface area contributed by atoms with Crippen molar-refractivity contribution < 1.29 is 4.74 Å². The Morgan fingerprint density at radius 1 is 1.53 bits per heavy atom. The summed E-state index contributed by atoms with van der Waals surface area (Å²) in [6.07, 6.45) is 9.33. The van der Waals surface area contributed by atoms with Crippen LogP contribution in [0.25, 0.3) is 0 Å². The van der Waals surface area contributed by atoms with Crippen molar-refractivity contribution in [1.82, 2.24) is 4.98 Å². The van der Waals surface area contributed by atoms with Crippen molar-refractivity contribution in [2.45, 2.75) is 44.8 Å². The van der Waals surface area contributed by atoms with Crippen LogP contribution in [0.3, 0.4) is 0 Å². The van der Waals surface area contributed by atoms with Gasteiger partial charge in [0.2, 0.25) is 0 Å². The zero-order chi connectivity index (χ0) is 11.7. The molecule has 2 aliphatic carbocycles. The average molecular weight is 232 g/mol. The van der Waals surface area contributed by atoms with E-state index in [2.05, 4.69) is 23.3 Å². The minimum absolute atomic E-state index is 0.422. The molecule has 0 amide bonds. The number of aromatic nitrogens is 1. The number of hydrogen-bond donors (Lipinski definition) is 1. The molecular weight excluding hydrogens is 212 g/mol. The highest BCUT2D eigenvalue weighted by molar-refractivity contribution is 5.43. The molecule has 17 heavy (non-hydrogen) atoms. The summed E-state index contributed by atoms with van der Waals surface area (Å²) < 4.78 is 5.85. The molecule has 2 unspecified atom stereocenters. The molecule has 0 bridgehead atoms. The molecule has 1 spiro atoms. The van der Waals surface area contributed by atoms with E-state index in [-0.39, 0.29) is 0 Å². The molecule has 2 fully saturated rings. The molecule has 3 nitrogen and oxygen atoms in total. The number of pyridine rings is 1. The summed E-state index contributed by atoms with van der Waals surface area (Å²) in [5.41, 5.74) is 1.56. The molecule has 0 aromatic carbocycles. The van der Waals surface area contributed by atoms with Crippen LogP contribution < -0.4 is 5.32 Å². The number of rotatable bonds is 4. The van der Waals surface area contributed by atoms with Crippen LogP contribution in [0.15, 0.2) is 24.5 Å². The summed E-state index contributed by atoms with van der Waals surface area (Å²) in [5, 5.41) is 3.62. The zero-order valence-electron chi connectivity index (χ0n) is 10.4. The van der Waals surface area contributed by atoms with Crippen LogP contribution in [0.1, 0.15) is 32.6 Å². The predicted molar refractivity (Wildman–Crippen MR) is 68.0 cm³/mol. The Labute approximate surface area is 103 Å². The number of hydrogen-bond acceptors (Lipinski definition) is 3. The lowest BCUT2D eigenvalue weighted by Crippen LogP contribution is -2.64. The normalized spacial score (nSPS) is 29.5. The Morgan fingerprint density at radius 3 is 3.00 bits per heavy atom. The van der Waals surface area contributed by atoms with Gasteiger partial charge in [-0.2, -0.15) is 0 Å². The molecule has 1 aromatic rings. The number of nitrogens with zero attached hydrogens (tertiary/aromatic N) is 1. The van der Waals surface area contributed by atoms with E-state index in [1.165, 1.54) is 19.3 Å². The van der Waals surface area contributed by atoms with Crippen LogP contribution in [0.2, 0.25) is 0 Å². The van der Waals surface area contributed by atoms with Crippen LogP contribution >= 0.6 is 0 Å². The van der Waals surface area contributed by atoms with Gasteiger partial charge >= 0.3 is 0 Å². The lowest BCUT2D eigenvalue weighted by atomic mass is 9.51. The van der Waals surface area contributed by atoms with Crippen molar-refractivity contribution >= 4 is 5.69 Å². The van der Waals surface area contributed by atoms with Gasteiger partial charge in [0.15, 0.2) is 0 Å². The molecular formula is C14H20N2O. The second-order valence-electron chi connectivity index (χ2n) is 5.21. The van der Waals surface area contributed by atoms with E-state index in [1.807, 2.05) is 18.5 Å². The van der Waals surface area contributed by atoms with E-state index in [0.717, 1.165) is 18.7 Å². The van der Waals surface area contributed by atoms with Gasteiger partial charge in [-0.25, -0.2) is 0 Å². The highest BCUT2D eigenvalue weighted by Gasteiger charge is 2.58. The van der Waals surface area contributed by atoms with Crippen LogP contribution in [-0.4, -0.2) is 23.7 Å². The maximum Gasteiger partial charge on any atom is 0.0670 e. The van der Waals surface area contributed by atoms with E-state index in [9.17, 15) is 0 Å². The first-order chi connectivity index (χ1) is 8.35. The summed E-state index contributed by atoms with van der Waals surface area (Å²) in [4.78, 5) is 4.15. The van der Waals surface area contributed by atoms with Gasteiger partial charge in [0.05, 0.1) is 11.8 Å². The minimum atomic E-state index is 0.422. The Balaban J connectivity index is 1.66. The fourth-order valence-electron chi connectivity index (χ4n) is 3.29. The molecule has 92 valence electrons. The monoisotopic (exact) mass is 232 g/mol. The van der Waals surface area contributed by atoms with Crippen molar-refractivity contribution in [3.05, 3.63) is 24.5 Å². The Bertz CT molecular complexity index is 375. The van der Waals surface area contributed by atoms with Crippen molar-refractivity contribution in [1.29, 1.82) is 0 Å². The van der Waals surface area contributed by atoms with Gasteiger partial charge in [-0.05, 0) is 38.3 Å². The molecule has 2 aliphatic rings. The molecule has 2 saturated carbocycles. The van der Waals surface area contributed by atoms with Crippen LogP contribution in [-0.2, 0) is 4.74 Å². The first-order valence-corrected chi connectivity index (χ1v) is 6.63. The summed E-state index contributed by atoms with van der Waals surface area (Å²) >= 11 is 0. The highest BCUT2D eigenvalue weighted by Crippen LogP contribution is 2.58. The molecule has 1 heterocycles. The Hall–Kier alpha value is -1.09. The third-order valence-corrected chi connectivity index (χ3v) is 4.44. The molecule has 1 aromatic heterocycles. The summed E-state index contributed by atoms with van der Waals surface area (Å²) in [5.74, 6) is 0. The topological polar surface area (TPSA) is 34.1 Å². The van der Waals surface area contributed by atoms with Gasteiger partial charge < -0.3 is 10.1 Å². The highest BCUT2D eigenvalue weighted by atomic mass is 16.5. The second kappa shape index (κ2) is 4.30. The van der Waals surface area contributed by atoms with Gasteiger partial charge in [-0.3, -0.25) is 4.98 Å². The standard InChI is InChI=1S/C14H20N2O/c1-2-17-13-9-12(14(13)6-4-7-14)16-11-5-3-8-15-10-11/h3,5,8,10,12-13,16H,2,4,6-7,9H2,1H3. The fourth-order valence-corrected chi connectivity index (χ4v) is 3.29. The third-order valence-electron chi connectivity index (χ3n) is 4.44. The molecule has 0 saturated heterocycles. The maximum absolute atomic E-state index is 5.85. The lowest BCUT2D eigenvalue weighted by molar-refractivity contribution is -0.157. The van der Waals surface area contributed by atoms with E-state index in [1.54, 1.807) is 0 Å². The van der Waals surface area contributed by atoms with E-state index in [4.69, 9.17) is 4.74 Å². The van der Waals surface area contributed by atoms with Crippen molar-refractivity contribution in [3.8, 4) is 0 Å². The lowest BCUT2D eigenvalue weighted by Gasteiger charge is -2.61. The van der Waals surface area contributed by atoms with Gasteiger partial charge in [0, 0.05) is 30.5 Å². The molecule has 0 radical (unpaired) electrons. The SMILES string of the molecule is CCOC1CC(Nc2cccnc2)C12CCC2. The largest absolute Gasteiger partial charge is 0.380 e. The third kappa shape index (κ3) is 1.73. The minimum Gasteiger partial charge on any atom is -0.380 e.